The van der Waals surface area contributed by atoms with Crippen molar-refractivity contribution in [1.82, 2.24) is 10.3 Å². The Morgan fingerprint density at radius 3 is 2.76 bits per heavy atom. The fourth-order valence-electron chi connectivity index (χ4n) is 3.25. The second-order valence-electron chi connectivity index (χ2n) is 6.48. The minimum atomic E-state index is -0.253. The molecular weight excluding hydrogens is 341 g/mol. The van der Waals surface area contributed by atoms with Crippen molar-refractivity contribution >= 4 is 17.5 Å². The van der Waals surface area contributed by atoms with Crippen LogP contribution in [0.25, 0.3) is 0 Å². The van der Waals surface area contributed by atoms with Crippen LogP contribution in [0, 0.1) is 11.7 Å². The van der Waals surface area contributed by atoms with E-state index in [0.29, 0.717) is 23.7 Å². The summed E-state index contributed by atoms with van der Waals surface area (Å²) in [5.41, 5.74) is 1.56. The third-order valence-electron chi connectivity index (χ3n) is 4.74. The van der Waals surface area contributed by atoms with Gasteiger partial charge in [0.2, 0.25) is 5.91 Å². The molecule has 25 heavy (non-hydrogen) atoms. The van der Waals surface area contributed by atoms with E-state index in [4.69, 9.17) is 11.6 Å². The molecule has 1 aliphatic heterocycles. The molecule has 1 amide bonds. The van der Waals surface area contributed by atoms with Gasteiger partial charge in [0.15, 0.2) is 0 Å². The van der Waals surface area contributed by atoms with Crippen LogP contribution in [0.2, 0.25) is 5.02 Å². The van der Waals surface area contributed by atoms with Gasteiger partial charge < -0.3 is 10.2 Å². The van der Waals surface area contributed by atoms with E-state index in [2.05, 4.69) is 10.3 Å². The molecule has 0 saturated carbocycles. The number of carbonyl (C=O) groups is 1. The second kappa shape index (κ2) is 8.41. The second-order valence-corrected chi connectivity index (χ2v) is 6.89. The smallest absolute Gasteiger partial charge is 0.223 e. The number of pyridine rings is 1. The van der Waals surface area contributed by atoms with Crippen molar-refractivity contribution in [2.75, 3.05) is 13.1 Å². The van der Waals surface area contributed by atoms with Crippen LogP contribution >= 0.6 is 11.6 Å². The van der Waals surface area contributed by atoms with E-state index in [1.165, 1.54) is 11.0 Å². The number of piperidine rings is 1. The molecule has 1 fully saturated rings. The highest BCUT2D eigenvalue weighted by atomic mass is 35.5. The van der Waals surface area contributed by atoms with Crippen molar-refractivity contribution in [2.45, 2.75) is 25.9 Å². The number of aromatic nitrogens is 1. The van der Waals surface area contributed by atoms with Crippen molar-refractivity contribution in [1.29, 1.82) is 0 Å². The Labute approximate surface area is 152 Å². The Bertz CT molecular complexity index is 698. The average molecular weight is 363 g/mol. The number of nitrogens with zero attached hydrogens (tertiary/aromatic N) is 1. The van der Waals surface area contributed by atoms with E-state index in [9.17, 15) is 9.18 Å². The molecule has 3 rings (SSSR count). The predicted molar refractivity (Wildman–Crippen MR) is 94.6 cm³/mol. The quantitative estimate of drug-likeness (QED) is 0.854. The monoisotopic (exact) mass is 362 g/mol. The molecule has 1 saturated heterocycles. The van der Waals surface area contributed by atoms with Gasteiger partial charge in [-0.3, -0.25) is 9.78 Å². The molecule has 1 aromatic heterocycles. The van der Waals surface area contributed by atoms with Crippen molar-refractivity contribution in [3.8, 4) is 0 Å². The van der Waals surface area contributed by atoms with E-state index >= 15 is 0 Å². The normalized spacial score (nSPS) is 20.2. The molecule has 4 nitrogen and oxygen atoms in total. The lowest BCUT2D eigenvalue weighted by molar-refractivity contribution is -0.919. The summed E-state index contributed by atoms with van der Waals surface area (Å²) in [4.78, 5) is 17.6. The number of amides is 1. The van der Waals surface area contributed by atoms with E-state index < -0.39 is 0 Å². The first-order chi connectivity index (χ1) is 12.1. The molecule has 0 bridgehead atoms. The lowest BCUT2D eigenvalue weighted by Crippen LogP contribution is -3.11. The Kier molecular flexibility index (Phi) is 6.00. The van der Waals surface area contributed by atoms with Crippen LogP contribution in [0.4, 0.5) is 4.39 Å². The van der Waals surface area contributed by atoms with Gasteiger partial charge in [0, 0.05) is 37.7 Å². The Morgan fingerprint density at radius 1 is 1.28 bits per heavy atom. The first-order valence-corrected chi connectivity index (χ1v) is 8.94. The molecule has 2 aromatic rings. The number of nitrogens with one attached hydrogen (secondary N) is 2. The summed E-state index contributed by atoms with van der Waals surface area (Å²) in [6.07, 6.45) is 5.08. The van der Waals surface area contributed by atoms with Gasteiger partial charge in [-0.05, 0) is 23.8 Å². The highest BCUT2D eigenvalue weighted by Gasteiger charge is 2.28. The van der Waals surface area contributed by atoms with Crippen molar-refractivity contribution in [3.05, 3.63) is 64.7 Å². The zero-order chi connectivity index (χ0) is 17.6. The molecule has 0 unspecified atom stereocenters. The van der Waals surface area contributed by atoms with E-state index in [1.54, 1.807) is 24.5 Å². The first kappa shape index (κ1) is 17.8. The SMILES string of the molecule is O=C(NCc1cccnc1)C1CC[NH+](Cc2c(F)cccc2Cl)CC1. The molecule has 2 heterocycles. The number of likely N-dealkylation sites (tertiary alicyclic amines) is 1. The van der Waals surface area contributed by atoms with Crippen LogP contribution < -0.4 is 10.2 Å². The maximum Gasteiger partial charge on any atom is 0.223 e. The molecule has 2 N–H and O–H groups in total. The summed E-state index contributed by atoms with van der Waals surface area (Å²) < 4.78 is 13.9. The number of halogens is 2. The zero-order valence-corrected chi connectivity index (χ0v) is 14.7. The first-order valence-electron chi connectivity index (χ1n) is 8.56. The van der Waals surface area contributed by atoms with Gasteiger partial charge >= 0.3 is 0 Å². The lowest BCUT2D eigenvalue weighted by atomic mass is 9.95. The minimum Gasteiger partial charge on any atom is -0.352 e. The highest BCUT2D eigenvalue weighted by Crippen LogP contribution is 2.18. The third-order valence-corrected chi connectivity index (χ3v) is 5.10. The predicted octanol–water partition coefficient (Wildman–Crippen LogP) is 1.99. The lowest BCUT2D eigenvalue weighted by Gasteiger charge is -2.29. The topological polar surface area (TPSA) is 46.4 Å². The molecule has 0 aliphatic carbocycles. The van der Waals surface area contributed by atoms with Crippen molar-refractivity contribution in [2.24, 2.45) is 5.92 Å². The summed E-state index contributed by atoms with van der Waals surface area (Å²) in [7, 11) is 0. The fourth-order valence-corrected chi connectivity index (χ4v) is 3.48. The standard InChI is InChI=1S/C19H21ClFN3O/c20-17-4-1-5-18(21)16(17)13-24-9-6-15(7-10-24)19(25)23-12-14-3-2-8-22-11-14/h1-5,8,11,15H,6-7,9-10,12-13H2,(H,23,25)/p+1. The van der Waals surface area contributed by atoms with Crippen LogP contribution in [-0.4, -0.2) is 24.0 Å². The Hall–Kier alpha value is -1.98. The zero-order valence-electron chi connectivity index (χ0n) is 14.0. The number of hydrogen-bond acceptors (Lipinski definition) is 2. The molecule has 0 spiro atoms. The Balaban J connectivity index is 1.47. The number of carbonyl (C=O) groups excluding carboxylic acids is 1. The largest absolute Gasteiger partial charge is 0.352 e. The maximum absolute atomic E-state index is 13.9. The summed E-state index contributed by atoms with van der Waals surface area (Å²) >= 11 is 6.10. The van der Waals surface area contributed by atoms with Gasteiger partial charge in [-0.2, -0.15) is 0 Å². The Morgan fingerprint density at radius 2 is 2.08 bits per heavy atom. The average Bonchev–Trinajstić information content (AvgIpc) is 2.64. The van der Waals surface area contributed by atoms with Gasteiger partial charge in [-0.25, -0.2) is 4.39 Å². The molecule has 6 heteroatoms. The fraction of sp³-hybridized carbons (Fsp3) is 0.368. The minimum absolute atomic E-state index is 0.0245. The molecule has 0 atom stereocenters. The van der Waals surface area contributed by atoms with Gasteiger partial charge in [-0.1, -0.05) is 23.7 Å². The number of rotatable bonds is 5. The van der Waals surface area contributed by atoms with E-state index in [0.717, 1.165) is 31.5 Å². The molecular formula is C19H22ClFN3O+. The van der Waals surface area contributed by atoms with E-state index in [-0.39, 0.29) is 17.6 Å². The van der Waals surface area contributed by atoms with Gasteiger partial charge in [0.1, 0.15) is 12.4 Å². The maximum atomic E-state index is 13.9. The van der Waals surface area contributed by atoms with Crippen LogP contribution in [-0.2, 0) is 17.9 Å². The molecule has 1 aromatic carbocycles. The highest BCUT2D eigenvalue weighted by molar-refractivity contribution is 6.31. The summed E-state index contributed by atoms with van der Waals surface area (Å²) in [5.74, 6) is -0.139. The van der Waals surface area contributed by atoms with Crippen LogP contribution in [0.15, 0.2) is 42.7 Å². The number of quaternary nitrogens is 1. The molecule has 1 aliphatic rings. The van der Waals surface area contributed by atoms with Crippen LogP contribution in [0.1, 0.15) is 24.0 Å². The van der Waals surface area contributed by atoms with Gasteiger partial charge in [0.25, 0.3) is 0 Å². The summed E-state index contributed by atoms with van der Waals surface area (Å²) in [5, 5.41) is 3.46. The third kappa shape index (κ3) is 4.77. The van der Waals surface area contributed by atoms with Gasteiger partial charge in [-0.15, -0.1) is 0 Å². The molecule has 132 valence electrons. The van der Waals surface area contributed by atoms with Crippen molar-refractivity contribution in [3.63, 3.8) is 0 Å². The summed E-state index contributed by atoms with van der Waals surface area (Å²) in [6.45, 7) is 2.76. The number of hydrogen-bond donors (Lipinski definition) is 2. The van der Waals surface area contributed by atoms with E-state index in [1.807, 2.05) is 12.1 Å². The van der Waals surface area contributed by atoms with Crippen LogP contribution in [0.5, 0.6) is 0 Å². The number of benzene rings is 1. The molecule has 0 radical (unpaired) electrons. The van der Waals surface area contributed by atoms with Gasteiger partial charge in [0.05, 0.1) is 23.7 Å². The van der Waals surface area contributed by atoms with Crippen LogP contribution in [0.3, 0.4) is 0 Å². The van der Waals surface area contributed by atoms with Crippen molar-refractivity contribution < 1.29 is 14.1 Å². The summed E-state index contributed by atoms with van der Waals surface area (Å²) in [6, 6.07) is 8.59.